The van der Waals surface area contributed by atoms with Gasteiger partial charge in [-0.05, 0) is 24.1 Å². The Morgan fingerprint density at radius 2 is 1.77 bits per heavy atom. The average Bonchev–Trinajstić information content (AvgIpc) is 3.09. The van der Waals surface area contributed by atoms with Gasteiger partial charge in [-0.3, -0.25) is 4.98 Å². The van der Waals surface area contributed by atoms with Crippen LogP contribution in [0.3, 0.4) is 0 Å². The molecular formula is C20H19N5O. The van der Waals surface area contributed by atoms with Crippen LogP contribution in [0.15, 0.2) is 61.1 Å². The highest BCUT2D eigenvalue weighted by molar-refractivity contribution is 6.00. The summed E-state index contributed by atoms with van der Waals surface area (Å²) in [6.45, 7) is 0.832. The Hall–Kier alpha value is -3.25. The molecule has 0 fully saturated rings. The summed E-state index contributed by atoms with van der Waals surface area (Å²) in [5, 5.41) is 12.2. The Bertz CT molecular complexity index is 1010. The van der Waals surface area contributed by atoms with Crippen molar-refractivity contribution in [2.75, 3.05) is 18.5 Å². The molecule has 0 spiro atoms. The Morgan fingerprint density at radius 3 is 2.62 bits per heavy atom. The molecule has 3 aromatic heterocycles. The number of pyridine rings is 1. The summed E-state index contributed by atoms with van der Waals surface area (Å²) in [4.78, 5) is 16.7. The van der Waals surface area contributed by atoms with E-state index in [2.05, 4.69) is 37.4 Å². The highest BCUT2D eigenvalue weighted by Crippen LogP contribution is 2.36. The van der Waals surface area contributed by atoms with Gasteiger partial charge in [0.15, 0.2) is 5.65 Å². The second-order valence-electron chi connectivity index (χ2n) is 5.93. The number of aliphatic hydroxyl groups excluding tert-OH is 1. The van der Waals surface area contributed by atoms with Crippen molar-refractivity contribution in [1.82, 2.24) is 19.9 Å². The van der Waals surface area contributed by atoms with Gasteiger partial charge in [0.05, 0.1) is 5.69 Å². The van der Waals surface area contributed by atoms with Gasteiger partial charge < -0.3 is 15.4 Å². The van der Waals surface area contributed by atoms with Crippen molar-refractivity contribution in [3.8, 4) is 22.4 Å². The van der Waals surface area contributed by atoms with Crippen molar-refractivity contribution < 1.29 is 5.11 Å². The molecule has 3 N–H and O–H groups in total. The lowest BCUT2D eigenvalue weighted by atomic mass is 10.0. The molecule has 1 aromatic carbocycles. The van der Waals surface area contributed by atoms with Crippen LogP contribution in [-0.2, 0) is 0 Å². The first-order valence-electron chi connectivity index (χ1n) is 8.56. The van der Waals surface area contributed by atoms with Gasteiger partial charge in [0.25, 0.3) is 0 Å². The van der Waals surface area contributed by atoms with E-state index < -0.39 is 0 Å². The van der Waals surface area contributed by atoms with Crippen molar-refractivity contribution in [2.24, 2.45) is 0 Å². The first kappa shape index (κ1) is 16.2. The van der Waals surface area contributed by atoms with E-state index in [1.807, 2.05) is 30.3 Å². The fraction of sp³-hybridized carbons (Fsp3) is 0.150. The number of aromatic amines is 1. The maximum absolute atomic E-state index is 8.94. The zero-order chi connectivity index (χ0) is 17.8. The van der Waals surface area contributed by atoms with Gasteiger partial charge in [0.2, 0.25) is 0 Å². The Kier molecular flexibility index (Phi) is 4.57. The Labute approximate surface area is 151 Å². The highest BCUT2D eigenvalue weighted by atomic mass is 16.3. The zero-order valence-electron chi connectivity index (χ0n) is 14.2. The van der Waals surface area contributed by atoms with Crippen molar-refractivity contribution in [3.63, 3.8) is 0 Å². The lowest BCUT2D eigenvalue weighted by Crippen LogP contribution is -2.04. The number of aliphatic hydroxyl groups is 1. The number of rotatable bonds is 6. The molecular weight excluding hydrogens is 326 g/mol. The summed E-state index contributed by atoms with van der Waals surface area (Å²) < 4.78 is 0. The number of nitrogens with one attached hydrogen (secondary N) is 2. The van der Waals surface area contributed by atoms with Crippen LogP contribution >= 0.6 is 0 Å². The van der Waals surface area contributed by atoms with Crippen LogP contribution in [0.25, 0.3) is 33.5 Å². The van der Waals surface area contributed by atoms with E-state index >= 15 is 0 Å². The van der Waals surface area contributed by atoms with Crippen molar-refractivity contribution in [1.29, 1.82) is 0 Å². The van der Waals surface area contributed by atoms with Crippen molar-refractivity contribution in [2.45, 2.75) is 6.42 Å². The van der Waals surface area contributed by atoms with Gasteiger partial charge in [-0.25, -0.2) is 9.97 Å². The van der Waals surface area contributed by atoms with E-state index in [0.717, 1.165) is 39.4 Å². The molecule has 3 heterocycles. The fourth-order valence-electron chi connectivity index (χ4n) is 2.99. The summed E-state index contributed by atoms with van der Waals surface area (Å²) >= 11 is 0. The predicted molar refractivity (Wildman–Crippen MR) is 103 cm³/mol. The molecule has 0 saturated heterocycles. The summed E-state index contributed by atoms with van der Waals surface area (Å²) in [5.74, 6) is 0.773. The standard InChI is InChI=1S/C20H19N5O/c26-12-4-8-21-16-13-15(7-9-22-16)18-17(14-5-2-1-3-6-14)19-20(25-18)24-11-10-23-19/h1-3,5-7,9-11,13,26H,4,8,12H2,(H,21,22)(H,24,25). The van der Waals surface area contributed by atoms with Crippen LogP contribution in [0.1, 0.15) is 6.42 Å². The molecule has 6 heteroatoms. The van der Waals surface area contributed by atoms with Gasteiger partial charge in [0.1, 0.15) is 11.3 Å². The maximum atomic E-state index is 8.94. The van der Waals surface area contributed by atoms with Gasteiger partial charge in [0, 0.05) is 42.9 Å². The van der Waals surface area contributed by atoms with E-state index in [1.54, 1.807) is 18.6 Å². The van der Waals surface area contributed by atoms with Crippen LogP contribution in [0.4, 0.5) is 5.82 Å². The minimum Gasteiger partial charge on any atom is -0.396 e. The predicted octanol–water partition coefficient (Wildman–Crippen LogP) is 3.48. The molecule has 0 aliphatic heterocycles. The molecule has 0 amide bonds. The SMILES string of the molecule is OCCCNc1cc(-c2[nH]c3nccnc3c2-c2ccccc2)ccn1. The number of H-pyrrole nitrogens is 1. The Morgan fingerprint density at radius 1 is 0.923 bits per heavy atom. The monoisotopic (exact) mass is 345 g/mol. The van der Waals surface area contributed by atoms with Gasteiger partial charge in [-0.15, -0.1) is 0 Å². The van der Waals surface area contributed by atoms with E-state index in [9.17, 15) is 0 Å². The molecule has 26 heavy (non-hydrogen) atoms. The Balaban J connectivity index is 1.83. The van der Waals surface area contributed by atoms with Crippen LogP contribution in [0, 0.1) is 0 Å². The average molecular weight is 345 g/mol. The van der Waals surface area contributed by atoms with E-state index in [1.165, 1.54) is 0 Å². The molecule has 4 aromatic rings. The number of benzene rings is 1. The quantitative estimate of drug-likeness (QED) is 0.466. The van der Waals surface area contributed by atoms with Crippen LogP contribution in [0.2, 0.25) is 0 Å². The number of nitrogens with zero attached hydrogens (tertiary/aromatic N) is 3. The molecule has 0 unspecified atom stereocenters. The third kappa shape index (κ3) is 3.14. The topological polar surface area (TPSA) is 86.7 Å². The number of hydrogen-bond acceptors (Lipinski definition) is 5. The minimum atomic E-state index is 0.157. The molecule has 0 atom stereocenters. The normalized spacial score (nSPS) is 11.0. The second kappa shape index (κ2) is 7.33. The third-order valence-corrected chi connectivity index (χ3v) is 4.18. The zero-order valence-corrected chi connectivity index (χ0v) is 14.2. The number of fused-ring (bicyclic) bond motifs is 1. The van der Waals surface area contributed by atoms with Crippen molar-refractivity contribution >= 4 is 17.0 Å². The van der Waals surface area contributed by atoms with Gasteiger partial charge >= 0.3 is 0 Å². The molecule has 6 nitrogen and oxygen atoms in total. The lowest BCUT2D eigenvalue weighted by Gasteiger charge is -2.08. The second-order valence-corrected chi connectivity index (χ2v) is 5.93. The highest BCUT2D eigenvalue weighted by Gasteiger charge is 2.17. The summed E-state index contributed by atoms with van der Waals surface area (Å²) in [6, 6.07) is 14.1. The molecule has 0 bridgehead atoms. The van der Waals surface area contributed by atoms with E-state index in [-0.39, 0.29) is 6.61 Å². The molecule has 0 saturated carbocycles. The first-order valence-corrected chi connectivity index (χ1v) is 8.56. The maximum Gasteiger partial charge on any atom is 0.157 e. The van der Waals surface area contributed by atoms with Gasteiger partial charge in [-0.2, -0.15) is 0 Å². The summed E-state index contributed by atoms with van der Waals surface area (Å²) in [6.07, 6.45) is 5.85. The number of anilines is 1. The molecule has 130 valence electrons. The van der Waals surface area contributed by atoms with Crippen molar-refractivity contribution in [3.05, 3.63) is 61.1 Å². The molecule has 0 aliphatic carbocycles. The third-order valence-electron chi connectivity index (χ3n) is 4.18. The summed E-state index contributed by atoms with van der Waals surface area (Å²) in [7, 11) is 0. The minimum absolute atomic E-state index is 0.157. The van der Waals surface area contributed by atoms with Crippen LogP contribution in [-0.4, -0.2) is 38.2 Å². The van der Waals surface area contributed by atoms with Gasteiger partial charge in [-0.1, -0.05) is 30.3 Å². The number of hydrogen-bond donors (Lipinski definition) is 3. The number of aromatic nitrogens is 4. The van der Waals surface area contributed by atoms with Crippen LogP contribution in [0.5, 0.6) is 0 Å². The molecule has 4 rings (SSSR count). The lowest BCUT2D eigenvalue weighted by molar-refractivity contribution is 0.292. The van der Waals surface area contributed by atoms with E-state index in [4.69, 9.17) is 5.11 Å². The largest absolute Gasteiger partial charge is 0.396 e. The fourth-order valence-corrected chi connectivity index (χ4v) is 2.99. The smallest absolute Gasteiger partial charge is 0.157 e. The van der Waals surface area contributed by atoms with E-state index in [0.29, 0.717) is 13.0 Å². The molecule has 0 radical (unpaired) electrons. The first-order chi connectivity index (χ1) is 12.9. The van der Waals surface area contributed by atoms with Crippen LogP contribution < -0.4 is 5.32 Å². The molecule has 0 aliphatic rings. The summed E-state index contributed by atoms with van der Waals surface area (Å²) in [5.41, 5.74) is 5.69.